The first-order chi connectivity index (χ1) is 11.2. The summed E-state index contributed by atoms with van der Waals surface area (Å²) in [6.07, 6.45) is 2.14. The van der Waals surface area contributed by atoms with Crippen LogP contribution in [-0.2, 0) is 0 Å². The highest BCUT2D eigenvalue weighted by atomic mass is 19.1. The highest BCUT2D eigenvalue weighted by Crippen LogP contribution is 2.04. The second kappa shape index (κ2) is 12.0. The van der Waals surface area contributed by atoms with E-state index in [0.29, 0.717) is 18.4 Å². The average Bonchev–Trinajstić information content (AvgIpc) is 2.58. The van der Waals surface area contributed by atoms with Crippen LogP contribution in [0.5, 0.6) is 0 Å². The van der Waals surface area contributed by atoms with E-state index in [-0.39, 0.29) is 11.0 Å². The summed E-state index contributed by atoms with van der Waals surface area (Å²) >= 11 is 0. The zero-order valence-corrected chi connectivity index (χ0v) is 15.1. The highest BCUT2D eigenvalue weighted by Gasteiger charge is 2.16. The van der Waals surface area contributed by atoms with Gasteiger partial charge in [0, 0.05) is 12.1 Å². The van der Waals surface area contributed by atoms with Crippen molar-refractivity contribution in [2.45, 2.75) is 40.5 Å². The van der Waals surface area contributed by atoms with Crippen molar-refractivity contribution >= 4 is 18.5 Å². The molecule has 24 heavy (non-hydrogen) atoms. The van der Waals surface area contributed by atoms with Gasteiger partial charge in [-0.25, -0.2) is 4.39 Å². The van der Waals surface area contributed by atoms with Crippen molar-refractivity contribution in [2.75, 3.05) is 13.1 Å². The van der Waals surface area contributed by atoms with E-state index in [9.17, 15) is 9.18 Å². The van der Waals surface area contributed by atoms with Crippen LogP contribution in [0, 0.1) is 17.7 Å². The number of halogens is 1. The van der Waals surface area contributed by atoms with Crippen LogP contribution in [0.2, 0.25) is 0 Å². The Balaban J connectivity index is 0.000000754. The Labute approximate surface area is 144 Å². The molecule has 0 bridgehead atoms. The molecule has 1 aromatic rings. The molecule has 0 aromatic heterocycles. The predicted octanol–water partition coefficient (Wildman–Crippen LogP) is 1.27. The normalized spacial score (nSPS) is 12.7. The van der Waals surface area contributed by atoms with Crippen LogP contribution in [0.1, 0.15) is 50.9 Å². The van der Waals surface area contributed by atoms with E-state index >= 15 is 0 Å². The standard InChI is InChI=1S/C12H17BFNO3.C5H13N/c1-3-8(2)7-15-12(16)9-4-10(13(17)18)6-11(14)5-9;1-3-5(2)4-6/h4-6,8,17-18H,3,7H2,1-2H3,(H,15,16);5H,3-4,6H2,1-2H3. The molecule has 136 valence electrons. The summed E-state index contributed by atoms with van der Waals surface area (Å²) in [7, 11) is -1.79. The van der Waals surface area contributed by atoms with Crippen LogP contribution >= 0.6 is 0 Å². The molecule has 0 aliphatic heterocycles. The summed E-state index contributed by atoms with van der Waals surface area (Å²) in [5.41, 5.74) is 5.33. The van der Waals surface area contributed by atoms with E-state index < -0.39 is 18.8 Å². The van der Waals surface area contributed by atoms with E-state index in [4.69, 9.17) is 15.8 Å². The number of benzene rings is 1. The number of hydrogen-bond donors (Lipinski definition) is 4. The van der Waals surface area contributed by atoms with E-state index in [2.05, 4.69) is 19.2 Å². The van der Waals surface area contributed by atoms with Crippen LogP contribution in [0.15, 0.2) is 18.2 Å². The Kier molecular flexibility index (Phi) is 11.3. The summed E-state index contributed by atoms with van der Waals surface area (Å²) in [6.45, 7) is 9.64. The second-order valence-electron chi connectivity index (χ2n) is 6.12. The van der Waals surface area contributed by atoms with E-state index in [1.807, 2.05) is 13.8 Å². The van der Waals surface area contributed by atoms with Crippen LogP contribution in [0.3, 0.4) is 0 Å². The van der Waals surface area contributed by atoms with Gasteiger partial charge in [-0.05, 0) is 42.0 Å². The maximum atomic E-state index is 13.2. The number of carbonyl (C=O) groups excluding carboxylic acids is 1. The molecule has 2 unspecified atom stereocenters. The lowest BCUT2D eigenvalue weighted by atomic mass is 9.79. The molecule has 0 aliphatic rings. The minimum absolute atomic E-state index is 0.0383. The molecular formula is C17H30BFN2O3. The highest BCUT2D eigenvalue weighted by molar-refractivity contribution is 6.58. The maximum absolute atomic E-state index is 13.2. The summed E-state index contributed by atoms with van der Waals surface area (Å²) in [4.78, 5) is 11.8. The van der Waals surface area contributed by atoms with Crippen molar-refractivity contribution in [1.82, 2.24) is 5.32 Å². The van der Waals surface area contributed by atoms with E-state index in [1.54, 1.807) is 0 Å². The smallest absolute Gasteiger partial charge is 0.423 e. The Hall–Kier alpha value is -1.44. The minimum atomic E-state index is -1.79. The van der Waals surface area contributed by atoms with Crippen LogP contribution in [0.25, 0.3) is 0 Å². The topological polar surface area (TPSA) is 95.6 Å². The van der Waals surface area contributed by atoms with Gasteiger partial charge in [0.05, 0.1) is 0 Å². The zero-order valence-electron chi connectivity index (χ0n) is 15.1. The van der Waals surface area contributed by atoms with Gasteiger partial charge in [0.1, 0.15) is 5.82 Å². The third-order valence-corrected chi connectivity index (χ3v) is 3.89. The third kappa shape index (κ3) is 9.01. The van der Waals surface area contributed by atoms with Crippen molar-refractivity contribution in [3.8, 4) is 0 Å². The van der Waals surface area contributed by atoms with Gasteiger partial charge >= 0.3 is 7.12 Å². The number of carbonyl (C=O) groups is 1. The molecule has 0 spiro atoms. The zero-order chi connectivity index (χ0) is 18.7. The van der Waals surface area contributed by atoms with E-state index in [1.165, 1.54) is 12.5 Å². The number of amides is 1. The molecule has 5 nitrogen and oxygen atoms in total. The van der Waals surface area contributed by atoms with Crippen molar-refractivity contribution < 1.29 is 19.2 Å². The lowest BCUT2D eigenvalue weighted by molar-refractivity contribution is 0.0947. The monoisotopic (exact) mass is 340 g/mol. The molecule has 0 fully saturated rings. The number of rotatable bonds is 7. The Morgan fingerprint density at radius 1 is 1.21 bits per heavy atom. The fourth-order valence-electron chi connectivity index (χ4n) is 1.57. The third-order valence-electron chi connectivity index (χ3n) is 3.89. The summed E-state index contributed by atoms with van der Waals surface area (Å²) in [5.74, 6) is -0.0404. The van der Waals surface area contributed by atoms with Gasteiger partial charge in [0.25, 0.3) is 5.91 Å². The molecule has 0 heterocycles. The van der Waals surface area contributed by atoms with Gasteiger partial charge < -0.3 is 21.1 Å². The first-order valence-corrected chi connectivity index (χ1v) is 8.39. The molecule has 5 N–H and O–H groups in total. The molecule has 0 saturated heterocycles. The molecular weight excluding hydrogens is 310 g/mol. The number of nitrogens with two attached hydrogens (primary N) is 1. The lowest BCUT2D eigenvalue weighted by Gasteiger charge is -2.11. The first-order valence-electron chi connectivity index (χ1n) is 8.39. The molecule has 0 aliphatic carbocycles. The van der Waals surface area contributed by atoms with Crippen molar-refractivity contribution in [3.05, 3.63) is 29.6 Å². The second-order valence-corrected chi connectivity index (χ2v) is 6.12. The molecule has 0 radical (unpaired) electrons. The minimum Gasteiger partial charge on any atom is -0.423 e. The Morgan fingerprint density at radius 3 is 2.21 bits per heavy atom. The summed E-state index contributed by atoms with van der Waals surface area (Å²) in [5, 5.41) is 20.6. The molecule has 1 rings (SSSR count). The van der Waals surface area contributed by atoms with Gasteiger partial charge in [-0.1, -0.05) is 40.5 Å². The molecule has 7 heteroatoms. The van der Waals surface area contributed by atoms with Gasteiger partial charge in [-0.2, -0.15) is 0 Å². The predicted molar refractivity (Wildman–Crippen MR) is 96.5 cm³/mol. The Bertz CT molecular complexity index is 497. The first kappa shape index (κ1) is 22.6. The molecule has 1 aromatic carbocycles. The van der Waals surface area contributed by atoms with Gasteiger partial charge in [-0.3, -0.25) is 4.79 Å². The van der Waals surface area contributed by atoms with E-state index in [0.717, 1.165) is 25.1 Å². The maximum Gasteiger partial charge on any atom is 0.488 e. The number of nitrogens with one attached hydrogen (secondary N) is 1. The van der Waals surface area contributed by atoms with Crippen LogP contribution in [-0.4, -0.2) is 36.2 Å². The van der Waals surface area contributed by atoms with Crippen LogP contribution < -0.4 is 16.5 Å². The fourth-order valence-corrected chi connectivity index (χ4v) is 1.57. The SMILES string of the molecule is CCC(C)CN.CCC(C)CNC(=O)c1cc(F)cc(B(O)O)c1. The fraction of sp³-hybridized carbons (Fsp3) is 0.588. The molecule has 0 saturated carbocycles. The van der Waals surface area contributed by atoms with Crippen LogP contribution in [0.4, 0.5) is 4.39 Å². The largest absolute Gasteiger partial charge is 0.488 e. The Morgan fingerprint density at radius 2 is 1.79 bits per heavy atom. The average molecular weight is 340 g/mol. The van der Waals surface area contributed by atoms with Gasteiger partial charge in [0.15, 0.2) is 0 Å². The van der Waals surface area contributed by atoms with Gasteiger partial charge in [0.2, 0.25) is 0 Å². The number of hydrogen-bond acceptors (Lipinski definition) is 4. The van der Waals surface area contributed by atoms with Crippen molar-refractivity contribution in [2.24, 2.45) is 17.6 Å². The lowest BCUT2D eigenvalue weighted by Crippen LogP contribution is -2.33. The van der Waals surface area contributed by atoms with Gasteiger partial charge in [-0.15, -0.1) is 0 Å². The summed E-state index contributed by atoms with van der Waals surface area (Å²) in [6, 6.07) is 3.31. The summed E-state index contributed by atoms with van der Waals surface area (Å²) < 4.78 is 13.2. The van der Waals surface area contributed by atoms with Crippen molar-refractivity contribution in [1.29, 1.82) is 0 Å². The van der Waals surface area contributed by atoms with Crippen molar-refractivity contribution in [3.63, 3.8) is 0 Å². The molecule has 1 amide bonds. The quantitative estimate of drug-likeness (QED) is 0.562. The molecule has 2 atom stereocenters.